The van der Waals surface area contributed by atoms with Gasteiger partial charge in [0.05, 0.1) is 17.3 Å². The van der Waals surface area contributed by atoms with Crippen LogP contribution in [0.15, 0.2) is 106 Å². The number of nitrogens with zero attached hydrogens (tertiary/aromatic N) is 2. The molecule has 3 aromatic carbocycles. The quantitative estimate of drug-likeness (QED) is 0.321. The Morgan fingerprint density at radius 2 is 1.54 bits per heavy atom. The molecule has 0 aliphatic heterocycles. The first-order chi connectivity index (χ1) is 12.8. The lowest BCUT2D eigenvalue weighted by molar-refractivity contribution is 0.556. The van der Waals surface area contributed by atoms with Crippen LogP contribution in [0.1, 0.15) is 5.56 Å². The second-order valence-electron chi connectivity index (χ2n) is 5.26. The fourth-order valence-corrected chi connectivity index (χ4v) is 2.77. The molecule has 0 heterocycles. The molecule has 3 nitrogen and oxygen atoms in total. The largest absolute Gasteiger partial charge is 0.439 e. The molecule has 0 unspecified atom stereocenters. The van der Waals surface area contributed by atoms with Gasteiger partial charge in [0.1, 0.15) is 5.75 Å². The molecular formula is C22H16N2OS. The maximum atomic E-state index is 8.91. The van der Waals surface area contributed by atoms with E-state index in [1.165, 1.54) is 0 Å². The zero-order valence-electron chi connectivity index (χ0n) is 13.9. The van der Waals surface area contributed by atoms with E-state index in [9.17, 15) is 0 Å². The Morgan fingerprint density at radius 3 is 2.19 bits per heavy atom. The van der Waals surface area contributed by atoms with E-state index in [0.717, 1.165) is 10.6 Å². The van der Waals surface area contributed by atoms with Crippen LogP contribution in [0.25, 0.3) is 0 Å². The van der Waals surface area contributed by atoms with E-state index in [4.69, 9.17) is 10.00 Å². The van der Waals surface area contributed by atoms with E-state index in [-0.39, 0.29) is 0 Å². The number of aliphatic imine (C=N–C) groups is 1. The molecule has 0 spiro atoms. The zero-order chi connectivity index (χ0) is 18.0. The van der Waals surface area contributed by atoms with Gasteiger partial charge in [-0.15, -0.1) is 0 Å². The average molecular weight is 356 g/mol. The molecule has 0 aliphatic carbocycles. The molecule has 4 heteroatoms. The van der Waals surface area contributed by atoms with Crippen LogP contribution in [0.5, 0.6) is 5.75 Å². The maximum Gasteiger partial charge on any atom is 0.220 e. The Kier molecular flexibility index (Phi) is 6.24. The zero-order valence-corrected chi connectivity index (χ0v) is 14.8. The van der Waals surface area contributed by atoms with Gasteiger partial charge in [-0.3, -0.25) is 0 Å². The van der Waals surface area contributed by atoms with Gasteiger partial charge in [-0.25, -0.2) is 4.99 Å². The number of rotatable bonds is 5. The lowest BCUT2D eigenvalue weighted by Crippen LogP contribution is -2.04. The Bertz CT molecular complexity index is 927. The van der Waals surface area contributed by atoms with E-state index < -0.39 is 0 Å². The molecule has 0 bridgehead atoms. The van der Waals surface area contributed by atoms with Gasteiger partial charge in [0, 0.05) is 11.0 Å². The van der Waals surface area contributed by atoms with Gasteiger partial charge in [-0.2, -0.15) is 5.26 Å². The fourth-order valence-electron chi connectivity index (χ4n) is 2.11. The maximum absolute atomic E-state index is 8.91. The minimum absolute atomic E-state index is 0.476. The molecule has 126 valence electrons. The van der Waals surface area contributed by atoms with Crippen molar-refractivity contribution in [3.05, 3.63) is 102 Å². The van der Waals surface area contributed by atoms with Crippen molar-refractivity contribution < 1.29 is 4.74 Å². The molecule has 0 aliphatic rings. The van der Waals surface area contributed by atoms with Crippen molar-refractivity contribution in [2.24, 2.45) is 4.99 Å². The SMILES string of the molecule is N#Cc1ccc(N=C(C=CSc2ccccc2)Oc2ccccc2)cc1. The van der Waals surface area contributed by atoms with Gasteiger partial charge >= 0.3 is 0 Å². The third-order valence-electron chi connectivity index (χ3n) is 3.36. The summed E-state index contributed by atoms with van der Waals surface area (Å²) in [5.41, 5.74) is 1.33. The predicted octanol–water partition coefficient (Wildman–Crippen LogP) is 5.97. The molecule has 0 saturated carbocycles. The average Bonchev–Trinajstić information content (AvgIpc) is 2.70. The van der Waals surface area contributed by atoms with E-state index in [0.29, 0.717) is 17.2 Å². The van der Waals surface area contributed by atoms with Gasteiger partial charge in [-0.1, -0.05) is 48.2 Å². The summed E-state index contributed by atoms with van der Waals surface area (Å²) in [7, 11) is 0. The summed E-state index contributed by atoms with van der Waals surface area (Å²) in [5, 5.41) is 10.9. The number of thioether (sulfide) groups is 1. The third-order valence-corrected chi connectivity index (χ3v) is 4.18. The van der Waals surface area contributed by atoms with Crippen molar-refractivity contribution in [2.75, 3.05) is 0 Å². The summed E-state index contributed by atoms with van der Waals surface area (Å²) < 4.78 is 5.90. The van der Waals surface area contributed by atoms with Gasteiger partial charge in [0.25, 0.3) is 0 Å². The minimum Gasteiger partial charge on any atom is -0.439 e. The van der Waals surface area contributed by atoms with Crippen LogP contribution in [0.3, 0.4) is 0 Å². The normalized spacial score (nSPS) is 11.3. The highest BCUT2D eigenvalue weighted by atomic mass is 32.2. The summed E-state index contributed by atoms with van der Waals surface area (Å²) >= 11 is 1.59. The molecule has 3 rings (SSSR count). The highest BCUT2D eigenvalue weighted by Gasteiger charge is 2.01. The second-order valence-corrected chi connectivity index (χ2v) is 6.24. The first-order valence-electron chi connectivity index (χ1n) is 8.03. The third kappa shape index (κ3) is 5.37. The number of nitriles is 1. The standard InChI is InChI=1S/C22H16N2OS/c23-17-18-11-13-19(14-12-18)24-22(25-20-7-3-1-4-8-20)15-16-26-21-9-5-2-6-10-21/h1-16H. The predicted molar refractivity (Wildman–Crippen MR) is 107 cm³/mol. The van der Waals surface area contributed by atoms with Crippen molar-refractivity contribution in [3.63, 3.8) is 0 Å². The number of hydrogen-bond donors (Lipinski definition) is 0. The van der Waals surface area contributed by atoms with Gasteiger partial charge in [0.15, 0.2) is 0 Å². The van der Waals surface area contributed by atoms with E-state index in [1.807, 2.05) is 72.1 Å². The molecule has 0 atom stereocenters. The van der Waals surface area contributed by atoms with Crippen molar-refractivity contribution in [1.29, 1.82) is 5.26 Å². The molecule has 26 heavy (non-hydrogen) atoms. The molecule has 0 N–H and O–H groups in total. The Morgan fingerprint density at radius 1 is 0.885 bits per heavy atom. The number of para-hydroxylation sites is 1. The number of ether oxygens (including phenoxy) is 1. The van der Waals surface area contributed by atoms with Gasteiger partial charge < -0.3 is 4.74 Å². The molecular weight excluding hydrogens is 340 g/mol. The molecule has 3 aromatic rings. The van der Waals surface area contributed by atoms with Crippen molar-refractivity contribution in [1.82, 2.24) is 0 Å². The molecule has 0 amide bonds. The minimum atomic E-state index is 0.476. The topological polar surface area (TPSA) is 45.4 Å². The smallest absolute Gasteiger partial charge is 0.220 e. The first kappa shape index (κ1) is 17.5. The highest BCUT2D eigenvalue weighted by molar-refractivity contribution is 8.02. The van der Waals surface area contributed by atoms with Crippen molar-refractivity contribution in [2.45, 2.75) is 4.90 Å². The lowest BCUT2D eigenvalue weighted by atomic mass is 10.2. The summed E-state index contributed by atoms with van der Waals surface area (Å²) in [6.07, 6.45) is 1.84. The van der Waals surface area contributed by atoms with E-state index in [2.05, 4.69) is 11.1 Å². The van der Waals surface area contributed by atoms with E-state index in [1.54, 1.807) is 36.0 Å². The Balaban J connectivity index is 1.80. The first-order valence-corrected chi connectivity index (χ1v) is 8.91. The van der Waals surface area contributed by atoms with E-state index >= 15 is 0 Å². The number of benzene rings is 3. The lowest BCUT2D eigenvalue weighted by Gasteiger charge is -2.05. The summed E-state index contributed by atoms with van der Waals surface area (Å²) in [6.45, 7) is 0. The van der Waals surface area contributed by atoms with Gasteiger partial charge in [0.2, 0.25) is 5.90 Å². The highest BCUT2D eigenvalue weighted by Crippen LogP contribution is 2.20. The van der Waals surface area contributed by atoms with Crippen LogP contribution in [-0.4, -0.2) is 5.90 Å². The van der Waals surface area contributed by atoms with Crippen LogP contribution >= 0.6 is 11.8 Å². The monoisotopic (exact) mass is 356 g/mol. The van der Waals surface area contributed by atoms with Crippen LogP contribution in [0.4, 0.5) is 5.69 Å². The summed E-state index contributed by atoms with van der Waals surface area (Å²) in [6, 6.07) is 28.8. The van der Waals surface area contributed by atoms with Crippen molar-refractivity contribution >= 4 is 23.3 Å². The Hall–Kier alpha value is -3.29. The second kappa shape index (κ2) is 9.26. The molecule has 0 fully saturated rings. The molecule has 0 saturated heterocycles. The van der Waals surface area contributed by atoms with Crippen LogP contribution in [0.2, 0.25) is 0 Å². The molecule has 0 radical (unpaired) electrons. The number of hydrogen-bond acceptors (Lipinski definition) is 4. The molecule has 0 aromatic heterocycles. The van der Waals surface area contributed by atoms with Gasteiger partial charge in [-0.05, 0) is 53.9 Å². The summed E-state index contributed by atoms with van der Waals surface area (Å²) in [4.78, 5) is 5.69. The summed E-state index contributed by atoms with van der Waals surface area (Å²) in [5.74, 6) is 1.19. The fraction of sp³-hybridized carbons (Fsp3) is 0. The van der Waals surface area contributed by atoms with Crippen LogP contribution in [-0.2, 0) is 0 Å². The van der Waals surface area contributed by atoms with Crippen LogP contribution < -0.4 is 4.74 Å². The van der Waals surface area contributed by atoms with Crippen LogP contribution in [0, 0.1) is 11.3 Å². The Labute approximate surface area is 157 Å². The van der Waals surface area contributed by atoms with Crippen molar-refractivity contribution in [3.8, 4) is 11.8 Å².